The summed E-state index contributed by atoms with van der Waals surface area (Å²) in [6.45, 7) is 0.486. The van der Waals surface area contributed by atoms with Crippen molar-refractivity contribution < 1.29 is 9.59 Å². The van der Waals surface area contributed by atoms with Crippen molar-refractivity contribution in [2.24, 2.45) is 0 Å². The van der Waals surface area contributed by atoms with Gasteiger partial charge in [-0.25, -0.2) is 0 Å². The molecule has 1 fully saturated rings. The fourth-order valence-corrected chi connectivity index (χ4v) is 1.06. The second kappa shape index (κ2) is 2.47. The monoisotopic (exact) mass is 191 g/mol. The fourth-order valence-electron chi connectivity index (χ4n) is 0.671. The molecule has 1 amide bonds. The molecule has 0 aromatic heterocycles. The Morgan fingerprint density at radius 3 is 2.67 bits per heavy atom. The predicted octanol–water partition coefficient (Wildman–Crippen LogP) is -0.161. The average Bonchev–Trinajstić information content (AvgIpc) is 1.83. The van der Waals surface area contributed by atoms with Crippen LogP contribution in [0.1, 0.15) is 6.42 Å². The van der Waals surface area contributed by atoms with Crippen LogP contribution in [0.3, 0.4) is 0 Å². The summed E-state index contributed by atoms with van der Waals surface area (Å²) < 4.78 is 0. The molecule has 1 aliphatic rings. The van der Waals surface area contributed by atoms with Crippen molar-refractivity contribution in [3.05, 3.63) is 0 Å². The Kier molecular flexibility index (Phi) is 1.85. The summed E-state index contributed by atoms with van der Waals surface area (Å²) in [7, 11) is 0. The van der Waals surface area contributed by atoms with Crippen LogP contribution in [0.15, 0.2) is 0 Å². The molecule has 1 saturated heterocycles. The highest BCUT2D eigenvalue weighted by Crippen LogP contribution is 2.07. The van der Waals surface area contributed by atoms with Crippen LogP contribution < -0.4 is 5.32 Å². The number of carbonyl (C=O) groups excluding carboxylic acids is 2. The fraction of sp³-hybridized carbons (Fsp3) is 0.600. The first-order chi connectivity index (χ1) is 4.22. The lowest BCUT2D eigenvalue weighted by Gasteiger charge is -2.14. The van der Waals surface area contributed by atoms with Crippen molar-refractivity contribution in [2.45, 2.75) is 11.2 Å². The largest absolute Gasteiger partial charge is 0.354 e. The van der Waals surface area contributed by atoms with E-state index in [0.717, 1.165) is 0 Å². The molecule has 0 aromatic carbocycles. The van der Waals surface area contributed by atoms with Gasteiger partial charge in [0.2, 0.25) is 5.91 Å². The van der Waals surface area contributed by atoms with E-state index in [1.165, 1.54) is 0 Å². The molecule has 1 rings (SSSR count). The minimum Gasteiger partial charge on any atom is -0.354 e. The number of ketones is 1. The highest BCUT2D eigenvalue weighted by molar-refractivity contribution is 9.10. The first-order valence-corrected chi connectivity index (χ1v) is 3.58. The van der Waals surface area contributed by atoms with Crippen LogP contribution >= 0.6 is 15.9 Å². The molecule has 0 saturated carbocycles. The van der Waals surface area contributed by atoms with Gasteiger partial charge in [-0.3, -0.25) is 9.59 Å². The summed E-state index contributed by atoms with van der Waals surface area (Å²) >= 11 is 2.96. The zero-order valence-corrected chi connectivity index (χ0v) is 6.27. The number of amides is 1. The van der Waals surface area contributed by atoms with Gasteiger partial charge in [0, 0.05) is 13.0 Å². The zero-order valence-electron chi connectivity index (χ0n) is 4.69. The van der Waals surface area contributed by atoms with Gasteiger partial charge >= 0.3 is 0 Å². The number of nitrogens with one attached hydrogen (secondary N) is 1. The number of hydrogen-bond donors (Lipinski definition) is 1. The molecule has 0 spiro atoms. The minimum atomic E-state index is -0.605. The maximum absolute atomic E-state index is 10.7. The number of rotatable bonds is 0. The third kappa shape index (κ3) is 1.30. The SMILES string of the molecule is O=C1CCNC(=O)C1Br. The van der Waals surface area contributed by atoms with E-state index in [1.54, 1.807) is 0 Å². The van der Waals surface area contributed by atoms with Gasteiger partial charge in [0.05, 0.1) is 0 Å². The van der Waals surface area contributed by atoms with E-state index in [9.17, 15) is 9.59 Å². The van der Waals surface area contributed by atoms with E-state index in [1.807, 2.05) is 0 Å². The maximum Gasteiger partial charge on any atom is 0.241 e. The van der Waals surface area contributed by atoms with Crippen molar-refractivity contribution in [1.82, 2.24) is 5.32 Å². The quantitative estimate of drug-likeness (QED) is 0.428. The molecule has 9 heavy (non-hydrogen) atoms. The summed E-state index contributed by atoms with van der Waals surface area (Å²) in [5.74, 6) is -0.245. The summed E-state index contributed by atoms with van der Waals surface area (Å²) in [6.07, 6.45) is 0.446. The Labute approximate surface area is 60.9 Å². The Morgan fingerprint density at radius 1 is 1.56 bits per heavy atom. The van der Waals surface area contributed by atoms with E-state index >= 15 is 0 Å². The number of hydrogen-bond acceptors (Lipinski definition) is 2. The normalized spacial score (nSPS) is 27.9. The molecule has 1 atom stereocenters. The summed E-state index contributed by atoms with van der Waals surface area (Å²) in [5, 5.41) is 2.56. The van der Waals surface area contributed by atoms with E-state index < -0.39 is 4.83 Å². The lowest BCUT2D eigenvalue weighted by molar-refractivity contribution is -0.129. The zero-order chi connectivity index (χ0) is 6.85. The number of piperidine rings is 1. The van der Waals surface area contributed by atoms with Crippen molar-refractivity contribution >= 4 is 27.6 Å². The van der Waals surface area contributed by atoms with Crippen LogP contribution in [0, 0.1) is 0 Å². The molecule has 1 N–H and O–H groups in total. The van der Waals surface area contributed by atoms with Gasteiger partial charge in [-0.05, 0) is 0 Å². The van der Waals surface area contributed by atoms with E-state index in [2.05, 4.69) is 21.2 Å². The van der Waals surface area contributed by atoms with Gasteiger partial charge in [0.1, 0.15) is 0 Å². The second-order valence-electron chi connectivity index (χ2n) is 1.87. The van der Waals surface area contributed by atoms with E-state index in [0.29, 0.717) is 13.0 Å². The first kappa shape index (κ1) is 6.74. The van der Waals surface area contributed by atoms with Crippen LogP contribution in [-0.4, -0.2) is 23.1 Å². The average molecular weight is 192 g/mol. The first-order valence-electron chi connectivity index (χ1n) is 2.66. The smallest absolute Gasteiger partial charge is 0.241 e. The van der Waals surface area contributed by atoms with Gasteiger partial charge in [-0.1, -0.05) is 15.9 Å². The Morgan fingerprint density at radius 2 is 2.22 bits per heavy atom. The molecule has 3 nitrogen and oxygen atoms in total. The third-order valence-electron chi connectivity index (χ3n) is 1.18. The molecule has 1 heterocycles. The lowest BCUT2D eigenvalue weighted by atomic mass is 10.1. The molecule has 0 radical (unpaired) electrons. The van der Waals surface area contributed by atoms with Crippen molar-refractivity contribution in [1.29, 1.82) is 0 Å². The number of carbonyl (C=O) groups is 2. The minimum absolute atomic E-state index is 0.0289. The number of Topliss-reactive ketones (excluding diaryl/α,β-unsaturated/α-hetero) is 1. The summed E-state index contributed by atoms with van der Waals surface area (Å²) in [5.41, 5.74) is 0. The molecule has 0 aliphatic carbocycles. The molecule has 0 bridgehead atoms. The van der Waals surface area contributed by atoms with E-state index in [4.69, 9.17) is 0 Å². The Balaban J connectivity index is 2.62. The van der Waals surface area contributed by atoms with Gasteiger partial charge in [-0.15, -0.1) is 0 Å². The van der Waals surface area contributed by atoms with Crippen molar-refractivity contribution in [3.63, 3.8) is 0 Å². The van der Waals surface area contributed by atoms with Crippen LogP contribution in [0.25, 0.3) is 0 Å². The standard InChI is InChI=1S/C5H6BrNO2/c6-4-3(8)1-2-7-5(4)9/h4H,1-2H2,(H,7,9). The van der Waals surface area contributed by atoms with E-state index in [-0.39, 0.29) is 11.7 Å². The molecular formula is C5H6BrNO2. The van der Waals surface area contributed by atoms with Crippen LogP contribution in [0.5, 0.6) is 0 Å². The van der Waals surface area contributed by atoms with Gasteiger partial charge in [-0.2, -0.15) is 0 Å². The summed E-state index contributed by atoms with van der Waals surface area (Å²) in [6, 6.07) is 0. The molecular weight excluding hydrogens is 186 g/mol. The predicted molar refractivity (Wildman–Crippen MR) is 35.3 cm³/mol. The topological polar surface area (TPSA) is 46.2 Å². The lowest BCUT2D eigenvalue weighted by Crippen LogP contribution is -2.42. The van der Waals surface area contributed by atoms with Crippen molar-refractivity contribution in [3.8, 4) is 0 Å². The number of halogens is 1. The Bertz CT molecular complexity index is 141. The highest BCUT2D eigenvalue weighted by Gasteiger charge is 2.26. The second-order valence-corrected chi connectivity index (χ2v) is 2.79. The third-order valence-corrected chi connectivity index (χ3v) is 2.11. The van der Waals surface area contributed by atoms with Gasteiger partial charge in [0.15, 0.2) is 10.6 Å². The van der Waals surface area contributed by atoms with Crippen LogP contribution in [0.2, 0.25) is 0 Å². The molecule has 1 aliphatic heterocycles. The van der Waals surface area contributed by atoms with Crippen LogP contribution in [0.4, 0.5) is 0 Å². The van der Waals surface area contributed by atoms with Gasteiger partial charge < -0.3 is 5.32 Å². The van der Waals surface area contributed by atoms with Crippen molar-refractivity contribution in [2.75, 3.05) is 6.54 Å². The molecule has 1 unspecified atom stereocenters. The highest BCUT2D eigenvalue weighted by atomic mass is 79.9. The summed E-state index contributed by atoms with van der Waals surface area (Å²) in [4.78, 5) is 20.7. The maximum atomic E-state index is 10.7. The molecule has 4 heteroatoms. The van der Waals surface area contributed by atoms with Gasteiger partial charge in [0.25, 0.3) is 0 Å². The molecule has 50 valence electrons. The number of alkyl halides is 1. The Hall–Kier alpha value is -0.380. The van der Waals surface area contributed by atoms with Crippen LogP contribution in [-0.2, 0) is 9.59 Å². The molecule has 0 aromatic rings.